The first-order valence-corrected chi connectivity index (χ1v) is 9.58. The zero-order valence-electron chi connectivity index (χ0n) is 15.9. The van der Waals surface area contributed by atoms with Crippen molar-refractivity contribution >= 4 is 22.8 Å². The van der Waals surface area contributed by atoms with Crippen LogP contribution in [0.4, 0.5) is 10.3 Å². The number of carboxylic acids is 1. The molecular weight excluding hydrogens is 359 g/mol. The highest BCUT2D eigenvalue weighted by molar-refractivity contribution is 5.88. The van der Waals surface area contributed by atoms with E-state index >= 15 is 0 Å². The number of nitrogens with zero attached hydrogens (tertiary/aromatic N) is 3. The monoisotopic (exact) mass is 382 g/mol. The molecule has 7 heteroatoms. The minimum Gasteiger partial charge on any atom is -0.480 e. The summed E-state index contributed by atoms with van der Waals surface area (Å²) in [6.45, 7) is 3.78. The van der Waals surface area contributed by atoms with Crippen molar-refractivity contribution in [3.8, 4) is 0 Å². The SMILES string of the molecule is CCC(C(=O)O)n1c2c(c3cc(F)ccc31)C[C@@H](Nc1nccc(C)n1)CC2. The van der Waals surface area contributed by atoms with Gasteiger partial charge in [-0.15, -0.1) is 0 Å². The molecule has 4 rings (SSSR count). The molecule has 2 aromatic heterocycles. The van der Waals surface area contributed by atoms with Gasteiger partial charge in [0.25, 0.3) is 0 Å². The van der Waals surface area contributed by atoms with E-state index in [-0.39, 0.29) is 11.9 Å². The van der Waals surface area contributed by atoms with Crippen LogP contribution in [0.1, 0.15) is 42.8 Å². The van der Waals surface area contributed by atoms with Crippen LogP contribution in [0.3, 0.4) is 0 Å². The number of carbonyl (C=O) groups is 1. The van der Waals surface area contributed by atoms with E-state index in [2.05, 4.69) is 15.3 Å². The van der Waals surface area contributed by atoms with E-state index in [1.165, 1.54) is 12.1 Å². The second kappa shape index (κ2) is 7.22. The smallest absolute Gasteiger partial charge is 0.326 e. The molecule has 0 bridgehead atoms. The van der Waals surface area contributed by atoms with E-state index in [1.54, 1.807) is 12.3 Å². The van der Waals surface area contributed by atoms with Crippen molar-refractivity contribution in [1.82, 2.24) is 14.5 Å². The van der Waals surface area contributed by atoms with Crippen LogP contribution in [0.2, 0.25) is 0 Å². The van der Waals surface area contributed by atoms with Gasteiger partial charge in [0.05, 0.1) is 0 Å². The summed E-state index contributed by atoms with van der Waals surface area (Å²) < 4.78 is 15.9. The van der Waals surface area contributed by atoms with Gasteiger partial charge >= 0.3 is 5.97 Å². The lowest BCUT2D eigenvalue weighted by atomic mass is 9.91. The van der Waals surface area contributed by atoms with Crippen LogP contribution in [0, 0.1) is 12.7 Å². The zero-order valence-corrected chi connectivity index (χ0v) is 15.9. The summed E-state index contributed by atoms with van der Waals surface area (Å²) in [6.07, 6.45) is 4.42. The van der Waals surface area contributed by atoms with E-state index in [1.807, 2.05) is 24.5 Å². The van der Waals surface area contributed by atoms with Crippen molar-refractivity contribution in [2.45, 2.75) is 51.6 Å². The summed E-state index contributed by atoms with van der Waals surface area (Å²) in [5.41, 5.74) is 3.69. The Balaban J connectivity index is 1.75. The largest absolute Gasteiger partial charge is 0.480 e. The topological polar surface area (TPSA) is 80.0 Å². The highest BCUT2D eigenvalue weighted by Gasteiger charge is 2.30. The lowest BCUT2D eigenvalue weighted by Crippen LogP contribution is -2.30. The normalized spacial score (nSPS) is 17.3. The average molecular weight is 382 g/mol. The Morgan fingerprint density at radius 3 is 2.96 bits per heavy atom. The fraction of sp³-hybridized carbons (Fsp3) is 0.381. The second-order valence-electron chi connectivity index (χ2n) is 7.32. The van der Waals surface area contributed by atoms with Gasteiger partial charge < -0.3 is 15.0 Å². The Morgan fingerprint density at radius 2 is 2.25 bits per heavy atom. The number of hydrogen-bond donors (Lipinski definition) is 2. The lowest BCUT2D eigenvalue weighted by Gasteiger charge is -2.26. The predicted molar refractivity (Wildman–Crippen MR) is 105 cm³/mol. The molecule has 3 aromatic rings. The molecule has 1 aromatic carbocycles. The molecule has 28 heavy (non-hydrogen) atoms. The Labute approximate surface area is 162 Å². The molecule has 146 valence electrons. The minimum atomic E-state index is -0.861. The molecule has 1 aliphatic rings. The van der Waals surface area contributed by atoms with Crippen LogP contribution in [-0.2, 0) is 17.6 Å². The number of carboxylic acid groups (broad SMARTS) is 1. The summed E-state index contributed by atoms with van der Waals surface area (Å²) in [4.78, 5) is 20.5. The maximum Gasteiger partial charge on any atom is 0.326 e. The van der Waals surface area contributed by atoms with Gasteiger partial charge in [-0.2, -0.15) is 0 Å². The van der Waals surface area contributed by atoms with Gasteiger partial charge in [0.1, 0.15) is 11.9 Å². The number of fused-ring (bicyclic) bond motifs is 3. The summed E-state index contributed by atoms with van der Waals surface area (Å²) >= 11 is 0. The van der Waals surface area contributed by atoms with Crippen molar-refractivity contribution in [1.29, 1.82) is 0 Å². The Hall–Kier alpha value is -2.96. The van der Waals surface area contributed by atoms with Crippen LogP contribution >= 0.6 is 0 Å². The number of benzene rings is 1. The molecule has 6 nitrogen and oxygen atoms in total. The van der Waals surface area contributed by atoms with Crippen LogP contribution in [0.15, 0.2) is 30.5 Å². The molecule has 0 aliphatic heterocycles. The summed E-state index contributed by atoms with van der Waals surface area (Å²) in [6, 6.07) is 5.92. The van der Waals surface area contributed by atoms with Crippen molar-refractivity contribution in [2.75, 3.05) is 5.32 Å². The van der Waals surface area contributed by atoms with Gasteiger partial charge in [-0.25, -0.2) is 19.2 Å². The molecule has 1 unspecified atom stereocenters. The van der Waals surface area contributed by atoms with E-state index in [0.717, 1.165) is 40.7 Å². The van der Waals surface area contributed by atoms with Crippen molar-refractivity contribution in [2.24, 2.45) is 0 Å². The minimum absolute atomic E-state index is 0.113. The third kappa shape index (κ3) is 3.21. The van der Waals surface area contributed by atoms with Gasteiger partial charge in [-0.3, -0.25) is 0 Å². The fourth-order valence-electron chi connectivity index (χ4n) is 4.21. The van der Waals surface area contributed by atoms with Gasteiger partial charge in [-0.05, 0) is 62.4 Å². The standard InChI is InChI=1S/C21H23FN4O2/c1-3-17(20(27)28)26-18-6-4-13(22)10-15(18)16-11-14(5-7-19(16)26)25-21-23-9-8-12(2)24-21/h4,6,8-10,14,17H,3,5,7,11H2,1-2H3,(H,27,28)(H,23,24,25)/t14-,17?/m0/s1. The first-order valence-electron chi connectivity index (χ1n) is 9.58. The highest BCUT2D eigenvalue weighted by atomic mass is 19.1. The number of rotatable bonds is 5. The molecule has 2 N–H and O–H groups in total. The van der Waals surface area contributed by atoms with Crippen LogP contribution < -0.4 is 5.32 Å². The Kier molecular flexibility index (Phi) is 4.75. The Morgan fingerprint density at radius 1 is 1.43 bits per heavy atom. The summed E-state index contributed by atoms with van der Waals surface area (Å²) in [5, 5.41) is 13.9. The van der Waals surface area contributed by atoms with Gasteiger partial charge in [-0.1, -0.05) is 6.92 Å². The number of aryl methyl sites for hydroxylation is 1. The van der Waals surface area contributed by atoms with Crippen molar-refractivity contribution in [3.63, 3.8) is 0 Å². The van der Waals surface area contributed by atoms with Crippen LogP contribution in [0.5, 0.6) is 0 Å². The highest BCUT2D eigenvalue weighted by Crippen LogP contribution is 2.36. The van der Waals surface area contributed by atoms with E-state index in [9.17, 15) is 14.3 Å². The molecule has 1 aliphatic carbocycles. The maximum atomic E-state index is 14.0. The molecule has 2 atom stereocenters. The quantitative estimate of drug-likeness (QED) is 0.700. The van der Waals surface area contributed by atoms with Gasteiger partial charge in [0.2, 0.25) is 5.95 Å². The van der Waals surface area contributed by atoms with Crippen LogP contribution in [0.25, 0.3) is 10.9 Å². The molecule has 0 amide bonds. The van der Waals surface area contributed by atoms with E-state index in [4.69, 9.17) is 0 Å². The van der Waals surface area contributed by atoms with E-state index < -0.39 is 12.0 Å². The third-order valence-electron chi connectivity index (χ3n) is 5.47. The number of aliphatic carboxylic acids is 1. The Bertz CT molecular complexity index is 1050. The molecule has 0 fully saturated rings. The second-order valence-corrected chi connectivity index (χ2v) is 7.32. The van der Waals surface area contributed by atoms with Crippen molar-refractivity contribution in [3.05, 3.63) is 53.2 Å². The predicted octanol–water partition coefficient (Wildman–Crippen LogP) is 3.88. The first-order chi connectivity index (χ1) is 13.5. The molecule has 0 saturated carbocycles. The van der Waals surface area contributed by atoms with Gasteiger partial charge in [0, 0.05) is 34.5 Å². The molecule has 0 saturated heterocycles. The molecule has 2 heterocycles. The number of nitrogens with one attached hydrogen (secondary N) is 1. The number of halogens is 1. The first kappa shape index (κ1) is 18.4. The van der Waals surface area contributed by atoms with Crippen LogP contribution in [-0.4, -0.2) is 31.7 Å². The molecule has 0 radical (unpaired) electrons. The lowest BCUT2D eigenvalue weighted by molar-refractivity contribution is -0.140. The zero-order chi connectivity index (χ0) is 19.8. The molecular formula is C21H23FN4O2. The van der Waals surface area contributed by atoms with E-state index in [0.29, 0.717) is 18.8 Å². The number of aromatic nitrogens is 3. The number of hydrogen-bond acceptors (Lipinski definition) is 4. The maximum absolute atomic E-state index is 14.0. The fourth-order valence-corrected chi connectivity index (χ4v) is 4.21. The summed E-state index contributed by atoms with van der Waals surface area (Å²) in [7, 11) is 0. The number of anilines is 1. The van der Waals surface area contributed by atoms with Crippen molar-refractivity contribution < 1.29 is 14.3 Å². The van der Waals surface area contributed by atoms with Gasteiger partial charge in [0.15, 0.2) is 0 Å². The molecule has 0 spiro atoms. The third-order valence-corrected chi connectivity index (χ3v) is 5.47. The average Bonchev–Trinajstić information content (AvgIpc) is 2.95. The summed E-state index contributed by atoms with van der Waals surface area (Å²) in [5.74, 6) is -0.590.